The van der Waals surface area contributed by atoms with E-state index in [4.69, 9.17) is 11.6 Å². The molecule has 168 valence electrons. The second kappa shape index (κ2) is 13.4. The Morgan fingerprint density at radius 1 is 1.34 bits per heavy atom. The molecule has 0 spiro atoms. The van der Waals surface area contributed by atoms with Crippen molar-refractivity contribution < 1.29 is 8.42 Å². The highest BCUT2D eigenvalue weighted by atomic mass is 35.5. The van der Waals surface area contributed by atoms with Crippen LogP contribution in [0.15, 0.2) is 28.0 Å². The van der Waals surface area contributed by atoms with Crippen molar-refractivity contribution in [2.24, 2.45) is 4.99 Å². The first kappa shape index (κ1) is 26.1. The lowest BCUT2D eigenvalue weighted by Crippen LogP contribution is -2.48. The maximum atomic E-state index is 11.6. The summed E-state index contributed by atoms with van der Waals surface area (Å²) >= 11 is 6.54. The quantitative estimate of drug-likeness (QED) is 0.364. The lowest BCUT2D eigenvalue weighted by atomic mass is 9.99. The predicted molar refractivity (Wildman–Crippen MR) is 125 cm³/mol. The van der Waals surface area contributed by atoms with Crippen LogP contribution < -0.4 is 4.72 Å². The number of likely N-dealkylation sites (tertiary alicyclic amines) is 1. The minimum absolute atomic E-state index is 0.289. The molecule has 0 aromatic rings. The lowest BCUT2D eigenvalue weighted by Gasteiger charge is -2.41. The first-order valence-corrected chi connectivity index (χ1v) is 13.0. The number of nitrogens with one attached hydrogen (secondary N) is 1. The number of halogens is 1. The molecule has 1 N–H and O–H groups in total. The average Bonchev–Trinajstić information content (AvgIpc) is 2.65. The van der Waals surface area contributed by atoms with Crippen LogP contribution in [0.1, 0.15) is 59.8 Å². The van der Waals surface area contributed by atoms with E-state index in [1.165, 1.54) is 31.9 Å². The number of hydrogen-bond donors (Lipinski definition) is 1. The smallest absolute Gasteiger partial charge is 0.229 e. The van der Waals surface area contributed by atoms with E-state index in [1.54, 1.807) is 19.2 Å². The summed E-state index contributed by atoms with van der Waals surface area (Å²) < 4.78 is 25.7. The molecule has 1 rings (SSSR count). The van der Waals surface area contributed by atoms with Crippen molar-refractivity contribution in [3.8, 4) is 0 Å². The molecule has 1 aliphatic rings. The molecule has 1 fully saturated rings. The van der Waals surface area contributed by atoms with Crippen molar-refractivity contribution in [1.29, 1.82) is 0 Å². The number of sulfonamides is 1. The van der Waals surface area contributed by atoms with Crippen LogP contribution >= 0.6 is 11.6 Å². The largest absolute Gasteiger partial charge is 0.303 e. The van der Waals surface area contributed by atoms with Gasteiger partial charge in [0.25, 0.3) is 0 Å². The van der Waals surface area contributed by atoms with Gasteiger partial charge in [-0.3, -0.25) is 14.6 Å². The Bertz CT molecular complexity index is 668. The Kier molecular flexibility index (Phi) is 12.1. The molecule has 0 saturated carbocycles. The highest BCUT2D eigenvalue weighted by Crippen LogP contribution is 2.24. The topological polar surface area (TPSA) is 65.0 Å². The minimum atomic E-state index is -3.39. The molecule has 0 aromatic carbocycles. The fourth-order valence-corrected chi connectivity index (χ4v) is 4.64. The Hall–Kier alpha value is -0.890. The third-order valence-corrected chi connectivity index (χ3v) is 6.15. The second-order valence-corrected chi connectivity index (χ2v) is 10.0. The lowest BCUT2D eigenvalue weighted by molar-refractivity contribution is 0.0799. The van der Waals surface area contributed by atoms with Crippen LogP contribution in [0.3, 0.4) is 0 Å². The maximum Gasteiger partial charge on any atom is 0.229 e. The van der Waals surface area contributed by atoms with Gasteiger partial charge in [-0.2, -0.15) is 0 Å². The van der Waals surface area contributed by atoms with Gasteiger partial charge >= 0.3 is 0 Å². The Morgan fingerprint density at radius 3 is 2.52 bits per heavy atom. The highest BCUT2D eigenvalue weighted by molar-refractivity contribution is 7.88. The van der Waals surface area contributed by atoms with Gasteiger partial charge in [0.05, 0.1) is 18.2 Å². The zero-order valence-corrected chi connectivity index (χ0v) is 20.3. The van der Waals surface area contributed by atoms with Crippen molar-refractivity contribution in [3.05, 3.63) is 23.0 Å². The van der Waals surface area contributed by atoms with Crippen LogP contribution in [-0.2, 0) is 10.0 Å². The Morgan fingerprint density at radius 2 is 2.00 bits per heavy atom. The van der Waals surface area contributed by atoms with Crippen molar-refractivity contribution in [2.75, 3.05) is 32.4 Å². The molecule has 0 bridgehead atoms. The van der Waals surface area contributed by atoms with E-state index >= 15 is 0 Å². The molecule has 0 amide bonds. The molecule has 1 heterocycles. The number of allylic oxidation sites excluding steroid dienone is 1. The third kappa shape index (κ3) is 10.6. The van der Waals surface area contributed by atoms with Gasteiger partial charge in [-0.15, -0.1) is 0 Å². The molecule has 0 aliphatic carbocycles. The molecule has 29 heavy (non-hydrogen) atoms. The van der Waals surface area contributed by atoms with E-state index in [2.05, 4.69) is 40.3 Å². The fourth-order valence-electron chi connectivity index (χ4n) is 3.76. The van der Waals surface area contributed by atoms with Crippen LogP contribution in [0.2, 0.25) is 0 Å². The molecule has 1 aliphatic heterocycles. The van der Waals surface area contributed by atoms with Gasteiger partial charge in [0.1, 0.15) is 0 Å². The van der Waals surface area contributed by atoms with E-state index in [-0.39, 0.29) is 6.04 Å². The summed E-state index contributed by atoms with van der Waals surface area (Å²) in [5.74, 6) is 0. The summed E-state index contributed by atoms with van der Waals surface area (Å²) in [6.07, 6.45) is 11.3. The van der Waals surface area contributed by atoms with E-state index in [9.17, 15) is 8.42 Å². The van der Waals surface area contributed by atoms with Gasteiger partial charge in [-0.05, 0) is 71.8 Å². The van der Waals surface area contributed by atoms with E-state index in [0.29, 0.717) is 23.2 Å². The Balaban J connectivity index is 2.87. The van der Waals surface area contributed by atoms with Crippen LogP contribution in [0.4, 0.5) is 0 Å². The number of unbranched alkanes of at least 4 members (excludes halogenated alkanes) is 1. The monoisotopic (exact) mass is 446 g/mol. The maximum absolute atomic E-state index is 11.6. The average molecular weight is 447 g/mol. The SMILES string of the molecule is CC=N/C=C(\C=C(\Cl)CC(C)N(CCCC)C1CCN(CC)CC1)NS(C)(=O)=O. The van der Waals surface area contributed by atoms with Crippen molar-refractivity contribution in [3.63, 3.8) is 0 Å². The summed E-state index contributed by atoms with van der Waals surface area (Å²) in [5, 5.41) is 0.624. The zero-order chi connectivity index (χ0) is 21.9. The van der Waals surface area contributed by atoms with Gasteiger partial charge in [0.2, 0.25) is 10.0 Å². The standard InChI is InChI=1S/C21H39ClN4O2S/c1-6-9-12-26(21-10-13-25(8-3)14-11-21)18(4)15-19(22)16-20(17-23-7-2)24-29(5,27)28/h7,16-18,21,24H,6,8-15H2,1-5H3/b19-16+,20-17+,23-7?. The summed E-state index contributed by atoms with van der Waals surface area (Å²) in [7, 11) is -3.39. The zero-order valence-electron chi connectivity index (χ0n) is 18.7. The third-order valence-electron chi connectivity index (χ3n) is 5.28. The first-order chi connectivity index (χ1) is 13.7. The number of rotatable bonds is 12. The summed E-state index contributed by atoms with van der Waals surface area (Å²) in [5.41, 5.74) is 0.374. The van der Waals surface area contributed by atoms with Crippen molar-refractivity contribution >= 4 is 27.8 Å². The van der Waals surface area contributed by atoms with E-state index in [1.807, 2.05) is 0 Å². The van der Waals surface area contributed by atoms with Gasteiger partial charge in [0.15, 0.2) is 0 Å². The molecule has 6 nitrogen and oxygen atoms in total. The molecule has 8 heteroatoms. The number of nitrogens with zero attached hydrogens (tertiary/aromatic N) is 3. The van der Waals surface area contributed by atoms with Crippen LogP contribution in [0.25, 0.3) is 0 Å². The van der Waals surface area contributed by atoms with Gasteiger partial charge in [-0.1, -0.05) is 31.9 Å². The molecule has 0 radical (unpaired) electrons. The Labute approximate surface area is 183 Å². The predicted octanol–water partition coefficient (Wildman–Crippen LogP) is 3.96. The number of piperidine rings is 1. The number of aliphatic imine (C=N–C) groups is 1. The summed E-state index contributed by atoms with van der Waals surface area (Å²) in [4.78, 5) is 9.13. The van der Waals surface area contributed by atoms with Crippen LogP contribution in [0.5, 0.6) is 0 Å². The van der Waals surface area contributed by atoms with Crippen molar-refractivity contribution in [2.45, 2.75) is 71.9 Å². The fraction of sp³-hybridized carbons (Fsp3) is 0.762. The van der Waals surface area contributed by atoms with Crippen LogP contribution in [0, 0.1) is 0 Å². The van der Waals surface area contributed by atoms with Gasteiger partial charge in [0, 0.05) is 23.3 Å². The van der Waals surface area contributed by atoms with E-state index < -0.39 is 10.0 Å². The van der Waals surface area contributed by atoms with Crippen LogP contribution in [-0.4, -0.2) is 69.0 Å². The molecular weight excluding hydrogens is 408 g/mol. The second-order valence-electron chi connectivity index (χ2n) is 7.77. The molecule has 0 aromatic heterocycles. The summed E-state index contributed by atoms with van der Waals surface area (Å²) in [6, 6.07) is 0.871. The molecule has 1 unspecified atom stereocenters. The molecule has 1 saturated heterocycles. The highest BCUT2D eigenvalue weighted by Gasteiger charge is 2.27. The summed E-state index contributed by atoms with van der Waals surface area (Å²) in [6.45, 7) is 12.9. The number of hydrogen-bond acceptors (Lipinski definition) is 5. The molecular formula is C21H39ClN4O2S. The first-order valence-electron chi connectivity index (χ1n) is 10.7. The van der Waals surface area contributed by atoms with E-state index in [0.717, 1.165) is 32.4 Å². The van der Waals surface area contributed by atoms with Gasteiger partial charge in [-0.25, -0.2) is 8.42 Å². The normalized spacial score (nSPS) is 19.3. The molecule has 1 atom stereocenters. The van der Waals surface area contributed by atoms with Crippen molar-refractivity contribution in [1.82, 2.24) is 14.5 Å². The van der Waals surface area contributed by atoms with Gasteiger partial charge < -0.3 is 4.90 Å². The minimum Gasteiger partial charge on any atom is -0.303 e.